The maximum Gasteiger partial charge on any atom is 0.191 e. The predicted octanol–water partition coefficient (Wildman–Crippen LogP) is 1.85. The van der Waals surface area contributed by atoms with Crippen molar-refractivity contribution in [1.82, 2.24) is 15.5 Å². The van der Waals surface area contributed by atoms with E-state index in [4.69, 9.17) is 14.2 Å². The van der Waals surface area contributed by atoms with Crippen LogP contribution in [-0.4, -0.2) is 77.7 Å². The van der Waals surface area contributed by atoms with Gasteiger partial charge in [-0.15, -0.1) is 24.0 Å². The molecular weight excluding hydrogens is 471 g/mol. The molecule has 1 aromatic rings. The Morgan fingerprint density at radius 3 is 2.68 bits per heavy atom. The Bertz CT molecular complexity index is 554. The Balaban J connectivity index is 0.00000392. The highest BCUT2D eigenvalue weighted by atomic mass is 127. The van der Waals surface area contributed by atoms with E-state index < -0.39 is 0 Å². The molecule has 1 aliphatic rings. The fourth-order valence-electron chi connectivity index (χ4n) is 2.89. The minimum absolute atomic E-state index is 0. The lowest BCUT2D eigenvalue weighted by molar-refractivity contribution is 0.0342. The number of methoxy groups -OCH3 is 1. The number of nitrogens with one attached hydrogen (secondary N) is 2. The largest absolute Gasteiger partial charge is 0.382 e. The molecule has 0 atom stereocenters. The summed E-state index contributed by atoms with van der Waals surface area (Å²) in [7, 11) is 3.47. The van der Waals surface area contributed by atoms with Gasteiger partial charge in [0.25, 0.3) is 0 Å². The first-order valence-corrected chi connectivity index (χ1v) is 9.71. The van der Waals surface area contributed by atoms with Crippen LogP contribution >= 0.6 is 24.0 Å². The van der Waals surface area contributed by atoms with Crippen LogP contribution in [0.3, 0.4) is 0 Å². The fraction of sp³-hybridized carbons (Fsp3) is 0.650. The van der Waals surface area contributed by atoms with Crippen molar-refractivity contribution in [2.24, 2.45) is 4.99 Å². The second-order valence-electron chi connectivity index (χ2n) is 6.52. The minimum Gasteiger partial charge on any atom is -0.382 e. The van der Waals surface area contributed by atoms with E-state index in [1.54, 1.807) is 14.2 Å². The average Bonchev–Trinajstić information content (AvgIpc) is 2.70. The summed E-state index contributed by atoms with van der Waals surface area (Å²) in [6, 6.07) is 8.72. The van der Waals surface area contributed by atoms with Crippen LogP contribution in [0, 0.1) is 0 Å². The van der Waals surface area contributed by atoms with Crippen LogP contribution in [0.25, 0.3) is 0 Å². The Kier molecular flexibility index (Phi) is 14.3. The summed E-state index contributed by atoms with van der Waals surface area (Å²) in [6.45, 7) is 8.24. The summed E-state index contributed by atoms with van der Waals surface area (Å²) in [5.74, 6) is 0.811. The molecule has 0 bridgehead atoms. The number of benzene rings is 1. The van der Waals surface area contributed by atoms with E-state index in [-0.39, 0.29) is 24.0 Å². The third-order valence-corrected chi connectivity index (χ3v) is 4.37. The number of nitrogens with zero attached hydrogens (tertiary/aromatic N) is 2. The van der Waals surface area contributed by atoms with Crippen LogP contribution < -0.4 is 10.6 Å². The van der Waals surface area contributed by atoms with Crippen molar-refractivity contribution in [2.75, 3.05) is 66.8 Å². The van der Waals surface area contributed by atoms with Gasteiger partial charge in [0.15, 0.2) is 5.96 Å². The van der Waals surface area contributed by atoms with Gasteiger partial charge in [-0.05, 0) is 17.5 Å². The molecule has 2 N–H and O–H groups in total. The van der Waals surface area contributed by atoms with E-state index >= 15 is 0 Å². The second kappa shape index (κ2) is 15.9. The second-order valence-corrected chi connectivity index (χ2v) is 6.52. The van der Waals surface area contributed by atoms with E-state index in [0.29, 0.717) is 13.2 Å². The first kappa shape index (κ1) is 25.1. The van der Waals surface area contributed by atoms with Crippen LogP contribution in [0.5, 0.6) is 0 Å². The smallest absolute Gasteiger partial charge is 0.191 e. The molecule has 0 saturated carbocycles. The maximum atomic E-state index is 5.46. The number of hydrogen-bond donors (Lipinski definition) is 2. The molecule has 1 fully saturated rings. The molecule has 0 aliphatic carbocycles. The van der Waals surface area contributed by atoms with Gasteiger partial charge in [-0.1, -0.05) is 24.3 Å². The van der Waals surface area contributed by atoms with Gasteiger partial charge in [0, 0.05) is 53.5 Å². The minimum atomic E-state index is 0. The lowest BCUT2D eigenvalue weighted by Gasteiger charge is -2.26. The van der Waals surface area contributed by atoms with Gasteiger partial charge in [-0.2, -0.15) is 0 Å². The predicted molar refractivity (Wildman–Crippen MR) is 123 cm³/mol. The van der Waals surface area contributed by atoms with Crippen molar-refractivity contribution in [3.8, 4) is 0 Å². The zero-order chi connectivity index (χ0) is 19.2. The number of rotatable bonds is 11. The van der Waals surface area contributed by atoms with E-state index in [9.17, 15) is 0 Å². The van der Waals surface area contributed by atoms with Gasteiger partial charge >= 0.3 is 0 Å². The van der Waals surface area contributed by atoms with E-state index in [1.165, 1.54) is 11.1 Å². The highest BCUT2D eigenvalue weighted by molar-refractivity contribution is 14.0. The number of ether oxygens (including phenoxy) is 3. The highest BCUT2D eigenvalue weighted by Gasteiger charge is 2.10. The van der Waals surface area contributed by atoms with Crippen molar-refractivity contribution in [3.05, 3.63) is 35.4 Å². The SMILES string of the molecule is CN=C(NCCCOCCOC)NCc1cccc(CN2CCOCC2)c1.I. The topological polar surface area (TPSA) is 67.4 Å². The molecule has 28 heavy (non-hydrogen) atoms. The first-order valence-electron chi connectivity index (χ1n) is 9.71. The Hall–Kier alpha value is -0.940. The molecule has 0 amide bonds. The molecule has 7 nitrogen and oxygen atoms in total. The molecule has 2 rings (SSSR count). The molecule has 160 valence electrons. The fourth-order valence-corrected chi connectivity index (χ4v) is 2.89. The molecule has 8 heteroatoms. The molecule has 0 radical (unpaired) electrons. The van der Waals surface area contributed by atoms with E-state index in [1.807, 2.05) is 0 Å². The van der Waals surface area contributed by atoms with Crippen LogP contribution in [0.4, 0.5) is 0 Å². The standard InChI is InChI=1S/C20H34N4O3.HI/c1-21-20(22-7-4-10-26-14-13-25-2)23-16-18-5-3-6-19(15-18)17-24-8-11-27-12-9-24;/h3,5-6,15H,4,7-14,16-17H2,1-2H3,(H2,21,22,23);1H. The molecule has 1 saturated heterocycles. The van der Waals surface area contributed by atoms with Gasteiger partial charge in [-0.3, -0.25) is 9.89 Å². The number of halogens is 1. The molecule has 0 aromatic heterocycles. The molecule has 1 heterocycles. The third kappa shape index (κ3) is 10.6. The average molecular weight is 506 g/mol. The first-order chi connectivity index (χ1) is 13.3. The van der Waals surface area contributed by atoms with Gasteiger partial charge in [0.1, 0.15) is 0 Å². The molecule has 0 spiro atoms. The maximum absolute atomic E-state index is 5.46. The van der Waals surface area contributed by atoms with Crippen molar-refractivity contribution in [3.63, 3.8) is 0 Å². The van der Waals surface area contributed by atoms with E-state index in [2.05, 4.69) is 44.8 Å². The van der Waals surface area contributed by atoms with Crippen LogP contribution in [-0.2, 0) is 27.3 Å². The Labute approximate surface area is 186 Å². The summed E-state index contributed by atoms with van der Waals surface area (Å²) in [5, 5.41) is 6.69. The third-order valence-electron chi connectivity index (χ3n) is 4.37. The summed E-state index contributed by atoms with van der Waals surface area (Å²) < 4.78 is 15.8. The molecule has 1 aromatic carbocycles. The number of guanidine groups is 1. The number of morpholine rings is 1. The highest BCUT2D eigenvalue weighted by Crippen LogP contribution is 2.10. The number of aliphatic imine (C=N–C) groups is 1. The van der Waals surface area contributed by atoms with Crippen molar-refractivity contribution in [1.29, 1.82) is 0 Å². The van der Waals surface area contributed by atoms with Gasteiger partial charge in [-0.25, -0.2) is 0 Å². The lowest BCUT2D eigenvalue weighted by Crippen LogP contribution is -2.37. The van der Waals surface area contributed by atoms with Crippen LogP contribution in [0.15, 0.2) is 29.3 Å². The normalized spacial score (nSPS) is 15.1. The monoisotopic (exact) mass is 506 g/mol. The Morgan fingerprint density at radius 1 is 1.14 bits per heavy atom. The quantitative estimate of drug-likeness (QED) is 0.207. The van der Waals surface area contributed by atoms with Gasteiger partial charge in [0.2, 0.25) is 0 Å². The van der Waals surface area contributed by atoms with Gasteiger partial charge in [0.05, 0.1) is 26.4 Å². The Morgan fingerprint density at radius 2 is 1.93 bits per heavy atom. The zero-order valence-corrected chi connectivity index (χ0v) is 19.4. The lowest BCUT2D eigenvalue weighted by atomic mass is 10.1. The molecular formula is C20H35IN4O3. The molecule has 1 aliphatic heterocycles. The van der Waals surface area contributed by atoms with Crippen molar-refractivity contribution >= 4 is 29.9 Å². The summed E-state index contributed by atoms with van der Waals surface area (Å²) in [5.41, 5.74) is 2.60. The van der Waals surface area contributed by atoms with Gasteiger partial charge < -0.3 is 24.8 Å². The van der Waals surface area contributed by atoms with E-state index in [0.717, 1.165) is 64.9 Å². The zero-order valence-electron chi connectivity index (χ0n) is 17.1. The number of hydrogen-bond acceptors (Lipinski definition) is 5. The van der Waals surface area contributed by atoms with Crippen molar-refractivity contribution in [2.45, 2.75) is 19.5 Å². The summed E-state index contributed by atoms with van der Waals surface area (Å²) >= 11 is 0. The summed E-state index contributed by atoms with van der Waals surface area (Å²) in [4.78, 5) is 6.71. The summed E-state index contributed by atoms with van der Waals surface area (Å²) in [6.07, 6.45) is 0.930. The van der Waals surface area contributed by atoms with Crippen molar-refractivity contribution < 1.29 is 14.2 Å². The molecule has 0 unspecified atom stereocenters. The van der Waals surface area contributed by atoms with Crippen LogP contribution in [0.1, 0.15) is 17.5 Å². The van der Waals surface area contributed by atoms with Crippen LogP contribution in [0.2, 0.25) is 0 Å².